The molecule has 0 bridgehead atoms. The number of hydrogen-bond donors (Lipinski definition) is 1. The van der Waals surface area contributed by atoms with Crippen molar-refractivity contribution in [2.45, 2.75) is 12.8 Å². The minimum atomic E-state index is -0.138. The van der Waals surface area contributed by atoms with Gasteiger partial charge in [-0.25, -0.2) is 0 Å². The van der Waals surface area contributed by atoms with E-state index < -0.39 is 0 Å². The van der Waals surface area contributed by atoms with E-state index in [1.165, 1.54) is 7.11 Å². The van der Waals surface area contributed by atoms with E-state index >= 15 is 0 Å². The first-order valence-electron chi connectivity index (χ1n) is 4.60. The van der Waals surface area contributed by atoms with E-state index in [4.69, 9.17) is 0 Å². The summed E-state index contributed by atoms with van der Waals surface area (Å²) in [4.78, 5) is 12.9. The third-order valence-electron chi connectivity index (χ3n) is 1.89. The van der Waals surface area contributed by atoms with E-state index in [0.717, 1.165) is 26.1 Å². The van der Waals surface area contributed by atoms with Crippen molar-refractivity contribution in [3.63, 3.8) is 0 Å². The van der Waals surface area contributed by atoms with Gasteiger partial charge in [0.25, 0.3) is 0 Å². The van der Waals surface area contributed by atoms with Crippen molar-refractivity contribution in [2.24, 2.45) is 0 Å². The van der Waals surface area contributed by atoms with Crippen LogP contribution in [0, 0.1) is 0 Å². The van der Waals surface area contributed by atoms with Gasteiger partial charge in [0.15, 0.2) is 0 Å². The number of carbonyl (C=O) groups excluding carboxylic acids is 1. The van der Waals surface area contributed by atoms with Gasteiger partial charge in [-0.3, -0.25) is 4.79 Å². The standard InChI is InChI=1S/C9H20N2O2/c1-10-6-4-7-11(2)8-5-9(12)13-3/h10H,4-8H2,1-3H3. The minimum absolute atomic E-state index is 0.138. The Labute approximate surface area is 80.2 Å². The van der Waals surface area contributed by atoms with E-state index in [2.05, 4.69) is 15.0 Å². The molecule has 0 saturated carbocycles. The molecule has 0 amide bonds. The van der Waals surface area contributed by atoms with Crippen LogP contribution in [0.15, 0.2) is 0 Å². The van der Waals surface area contributed by atoms with Crippen LogP contribution in [-0.2, 0) is 9.53 Å². The molecule has 0 radical (unpaired) electrons. The van der Waals surface area contributed by atoms with Gasteiger partial charge < -0.3 is 15.0 Å². The third-order valence-corrected chi connectivity index (χ3v) is 1.89. The second kappa shape index (κ2) is 8.01. The number of ether oxygens (including phenoxy) is 1. The molecular weight excluding hydrogens is 168 g/mol. The lowest BCUT2D eigenvalue weighted by Gasteiger charge is -2.15. The number of methoxy groups -OCH3 is 1. The zero-order valence-corrected chi connectivity index (χ0v) is 8.80. The molecule has 78 valence electrons. The van der Waals surface area contributed by atoms with Crippen LogP contribution in [0.1, 0.15) is 12.8 Å². The summed E-state index contributed by atoms with van der Waals surface area (Å²) in [6.45, 7) is 2.80. The van der Waals surface area contributed by atoms with E-state index in [1.54, 1.807) is 0 Å². The molecule has 4 nitrogen and oxygen atoms in total. The zero-order chi connectivity index (χ0) is 10.1. The zero-order valence-electron chi connectivity index (χ0n) is 8.80. The summed E-state index contributed by atoms with van der Waals surface area (Å²) in [5.74, 6) is -0.138. The van der Waals surface area contributed by atoms with Gasteiger partial charge in [-0.1, -0.05) is 0 Å². The molecule has 0 aromatic rings. The molecule has 0 rings (SSSR count). The minimum Gasteiger partial charge on any atom is -0.469 e. The summed E-state index contributed by atoms with van der Waals surface area (Å²) < 4.78 is 4.55. The quantitative estimate of drug-likeness (QED) is 0.454. The summed E-state index contributed by atoms with van der Waals surface area (Å²) in [6, 6.07) is 0. The van der Waals surface area contributed by atoms with Crippen molar-refractivity contribution >= 4 is 5.97 Å². The van der Waals surface area contributed by atoms with Gasteiger partial charge in [-0.05, 0) is 33.6 Å². The van der Waals surface area contributed by atoms with Crippen LogP contribution in [0.5, 0.6) is 0 Å². The average Bonchev–Trinajstić information content (AvgIpc) is 2.14. The summed E-state index contributed by atoms with van der Waals surface area (Å²) in [7, 11) is 5.37. The molecule has 0 aliphatic rings. The fraction of sp³-hybridized carbons (Fsp3) is 0.889. The van der Waals surface area contributed by atoms with E-state index in [-0.39, 0.29) is 5.97 Å². The summed E-state index contributed by atoms with van der Waals surface area (Å²) in [5.41, 5.74) is 0. The molecular formula is C9H20N2O2. The maximum atomic E-state index is 10.8. The monoisotopic (exact) mass is 188 g/mol. The number of esters is 1. The topological polar surface area (TPSA) is 41.6 Å². The summed E-state index contributed by atoms with van der Waals surface area (Å²) >= 11 is 0. The predicted molar refractivity (Wildman–Crippen MR) is 52.7 cm³/mol. The Morgan fingerprint density at radius 3 is 2.69 bits per heavy atom. The second-order valence-corrected chi connectivity index (χ2v) is 3.09. The molecule has 4 heteroatoms. The smallest absolute Gasteiger partial charge is 0.306 e. The van der Waals surface area contributed by atoms with Crippen molar-refractivity contribution < 1.29 is 9.53 Å². The van der Waals surface area contributed by atoms with Crippen LogP contribution in [0.2, 0.25) is 0 Å². The number of carbonyl (C=O) groups is 1. The van der Waals surface area contributed by atoms with Crippen molar-refractivity contribution in [1.29, 1.82) is 0 Å². The molecule has 0 aromatic carbocycles. The van der Waals surface area contributed by atoms with Gasteiger partial charge in [0.1, 0.15) is 0 Å². The normalized spacial score (nSPS) is 10.5. The number of nitrogens with one attached hydrogen (secondary N) is 1. The van der Waals surface area contributed by atoms with E-state index in [1.807, 2.05) is 14.1 Å². The molecule has 0 unspecified atom stereocenters. The Balaban J connectivity index is 3.29. The van der Waals surface area contributed by atoms with E-state index in [9.17, 15) is 4.79 Å². The lowest BCUT2D eigenvalue weighted by atomic mass is 10.3. The largest absolute Gasteiger partial charge is 0.469 e. The Bertz CT molecular complexity index is 140. The molecule has 0 aromatic heterocycles. The molecule has 0 aliphatic carbocycles. The number of hydrogen-bond acceptors (Lipinski definition) is 4. The van der Waals surface area contributed by atoms with Crippen molar-refractivity contribution in [3.05, 3.63) is 0 Å². The van der Waals surface area contributed by atoms with Crippen molar-refractivity contribution in [1.82, 2.24) is 10.2 Å². The Hall–Kier alpha value is -0.610. The Morgan fingerprint density at radius 1 is 1.46 bits per heavy atom. The Kier molecular flexibility index (Phi) is 7.63. The summed E-state index contributed by atoms with van der Waals surface area (Å²) in [6.07, 6.45) is 1.58. The highest BCUT2D eigenvalue weighted by Crippen LogP contribution is 1.91. The molecule has 1 N–H and O–H groups in total. The average molecular weight is 188 g/mol. The van der Waals surface area contributed by atoms with Crippen LogP contribution >= 0.6 is 0 Å². The number of rotatable bonds is 7. The highest BCUT2D eigenvalue weighted by atomic mass is 16.5. The molecule has 0 aliphatic heterocycles. The molecule has 0 heterocycles. The maximum Gasteiger partial charge on any atom is 0.306 e. The third kappa shape index (κ3) is 7.74. The highest BCUT2D eigenvalue weighted by Gasteiger charge is 2.02. The SMILES string of the molecule is CNCCCN(C)CCC(=O)OC. The predicted octanol–water partition coefficient (Wildman–Crippen LogP) is 0.0908. The van der Waals surface area contributed by atoms with Gasteiger partial charge in [0.2, 0.25) is 0 Å². The van der Waals surface area contributed by atoms with Gasteiger partial charge in [-0.2, -0.15) is 0 Å². The molecule has 0 fully saturated rings. The van der Waals surface area contributed by atoms with Gasteiger partial charge in [0, 0.05) is 6.54 Å². The van der Waals surface area contributed by atoms with Crippen LogP contribution in [0.3, 0.4) is 0 Å². The van der Waals surface area contributed by atoms with Crippen molar-refractivity contribution in [3.8, 4) is 0 Å². The van der Waals surface area contributed by atoms with Crippen molar-refractivity contribution in [2.75, 3.05) is 40.8 Å². The molecule has 0 spiro atoms. The highest BCUT2D eigenvalue weighted by molar-refractivity contribution is 5.69. The fourth-order valence-electron chi connectivity index (χ4n) is 1.02. The van der Waals surface area contributed by atoms with Gasteiger partial charge >= 0.3 is 5.97 Å². The molecule has 0 atom stereocenters. The lowest BCUT2D eigenvalue weighted by molar-refractivity contribution is -0.140. The molecule has 13 heavy (non-hydrogen) atoms. The first kappa shape index (κ1) is 12.4. The number of nitrogens with zero attached hydrogens (tertiary/aromatic N) is 1. The molecule has 0 saturated heterocycles. The van der Waals surface area contributed by atoms with Crippen LogP contribution < -0.4 is 5.32 Å². The first-order valence-corrected chi connectivity index (χ1v) is 4.60. The van der Waals surface area contributed by atoms with Gasteiger partial charge in [-0.15, -0.1) is 0 Å². The van der Waals surface area contributed by atoms with Gasteiger partial charge in [0.05, 0.1) is 13.5 Å². The van der Waals surface area contributed by atoms with Crippen LogP contribution in [0.4, 0.5) is 0 Å². The van der Waals surface area contributed by atoms with E-state index in [0.29, 0.717) is 6.42 Å². The summed E-state index contributed by atoms with van der Waals surface area (Å²) in [5, 5.41) is 3.08. The van der Waals surface area contributed by atoms with Crippen LogP contribution in [0.25, 0.3) is 0 Å². The Morgan fingerprint density at radius 2 is 2.15 bits per heavy atom. The van der Waals surface area contributed by atoms with Crippen LogP contribution in [-0.4, -0.2) is 51.7 Å². The first-order chi connectivity index (χ1) is 6.20. The maximum absolute atomic E-state index is 10.8. The lowest BCUT2D eigenvalue weighted by Crippen LogP contribution is -2.25. The fourth-order valence-corrected chi connectivity index (χ4v) is 1.02. The second-order valence-electron chi connectivity index (χ2n) is 3.09.